The molecular weight excluding hydrogens is 308 g/mol. The molecule has 6 nitrogen and oxygen atoms in total. The number of hydrogen-bond donors (Lipinski definition) is 1. The molecule has 1 amide bonds. The van der Waals surface area contributed by atoms with Crippen molar-refractivity contribution in [1.29, 1.82) is 0 Å². The quantitative estimate of drug-likeness (QED) is 0.783. The molecule has 0 bridgehead atoms. The van der Waals surface area contributed by atoms with Gasteiger partial charge in [-0.15, -0.1) is 0 Å². The van der Waals surface area contributed by atoms with Gasteiger partial charge in [0.15, 0.2) is 5.76 Å². The summed E-state index contributed by atoms with van der Waals surface area (Å²) in [4.78, 5) is 24.0. The zero-order valence-corrected chi connectivity index (χ0v) is 13.1. The molecule has 1 N–H and O–H groups in total. The number of furan rings is 1. The summed E-state index contributed by atoms with van der Waals surface area (Å²) in [7, 11) is 1.54. The van der Waals surface area contributed by atoms with Crippen molar-refractivity contribution >= 4 is 11.6 Å². The summed E-state index contributed by atoms with van der Waals surface area (Å²) in [5, 5.41) is 2.74. The third-order valence-electron chi connectivity index (χ3n) is 3.47. The molecule has 0 atom stereocenters. The molecule has 2 heterocycles. The van der Waals surface area contributed by atoms with Gasteiger partial charge < -0.3 is 19.0 Å². The predicted octanol–water partition coefficient (Wildman–Crippen LogP) is 2.75. The van der Waals surface area contributed by atoms with Crippen LogP contribution in [0.4, 0.5) is 5.69 Å². The number of amides is 1. The Balaban J connectivity index is 1.74. The Morgan fingerprint density at radius 3 is 2.71 bits per heavy atom. The maximum absolute atomic E-state index is 12.3. The van der Waals surface area contributed by atoms with Crippen molar-refractivity contribution in [2.24, 2.45) is 0 Å². The number of para-hydroxylation sites is 2. The van der Waals surface area contributed by atoms with Crippen molar-refractivity contribution in [3.63, 3.8) is 0 Å². The average molecular weight is 324 g/mol. The number of carbonyl (C=O) groups is 1. The van der Waals surface area contributed by atoms with E-state index in [1.807, 2.05) is 6.07 Å². The van der Waals surface area contributed by atoms with E-state index in [0.717, 1.165) is 0 Å². The first-order valence-corrected chi connectivity index (χ1v) is 7.36. The lowest BCUT2D eigenvalue weighted by Crippen LogP contribution is -2.18. The first-order chi connectivity index (χ1) is 11.7. The topological polar surface area (TPSA) is 73.5 Å². The number of methoxy groups -OCH3 is 1. The highest BCUT2D eigenvalue weighted by molar-refractivity contribution is 6.03. The molecule has 0 aliphatic carbocycles. The second-order valence-corrected chi connectivity index (χ2v) is 5.09. The van der Waals surface area contributed by atoms with Crippen LogP contribution in [-0.2, 0) is 6.54 Å². The number of anilines is 1. The number of hydrogen-bond acceptors (Lipinski definition) is 4. The Bertz CT molecular complexity index is 911. The maximum Gasteiger partial charge on any atom is 0.291 e. The summed E-state index contributed by atoms with van der Waals surface area (Å²) in [6, 6.07) is 15.3. The molecule has 0 aliphatic rings. The van der Waals surface area contributed by atoms with Crippen LogP contribution in [-0.4, -0.2) is 17.6 Å². The summed E-state index contributed by atoms with van der Waals surface area (Å²) < 4.78 is 12.2. The van der Waals surface area contributed by atoms with Crippen LogP contribution in [0.15, 0.2) is 70.0 Å². The molecular formula is C18H16N2O4. The summed E-state index contributed by atoms with van der Waals surface area (Å²) in [5.74, 6) is 0.869. The highest BCUT2D eigenvalue weighted by Crippen LogP contribution is 2.24. The van der Waals surface area contributed by atoms with Crippen LogP contribution in [0.1, 0.15) is 16.3 Å². The molecule has 0 spiro atoms. The minimum absolute atomic E-state index is 0.131. The maximum atomic E-state index is 12.3. The van der Waals surface area contributed by atoms with Gasteiger partial charge in [-0.05, 0) is 30.3 Å². The minimum Gasteiger partial charge on any atom is -0.495 e. The molecule has 0 saturated carbocycles. The van der Waals surface area contributed by atoms with Crippen molar-refractivity contribution in [1.82, 2.24) is 4.57 Å². The van der Waals surface area contributed by atoms with Gasteiger partial charge in [0.1, 0.15) is 11.5 Å². The number of ether oxygens (including phenoxy) is 1. The van der Waals surface area contributed by atoms with Crippen molar-refractivity contribution < 1.29 is 13.9 Å². The molecule has 0 saturated heterocycles. The second kappa shape index (κ2) is 6.87. The van der Waals surface area contributed by atoms with E-state index in [0.29, 0.717) is 17.2 Å². The van der Waals surface area contributed by atoms with E-state index in [4.69, 9.17) is 9.15 Å². The van der Waals surface area contributed by atoms with E-state index in [2.05, 4.69) is 5.32 Å². The Hall–Kier alpha value is -3.28. The molecule has 0 fully saturated rings. The number of carbonyl (C=O) groups excluding carboxylic acids is 1. The summed E-state index contributed by atoms with van der Waals surface area (Å²) >= 11 is 0. The molecule has 1 aromatic carbocycles. The SMILES string of the molecule is COc1ccccc1NC(=O)c1ccc(Cn2ccccc2=O)o1. The Morgan fingerprint density at radius 2 is 1.92 bits per heavy atom. The van der Waals surface area contributed by atoms with Crippen LogP contribution in [0.3, 0.4) is 0 Å². The van der Waals surface area contributed by atoms with Crippen LogP contribution in [0, 0.1) is 0 Å². The minimum atomic E-state index is -0.383. The number of benzene rings is 1. The van der Waals surface area contributed by atoms with E-state index in [9.17, 15) is 9.59 Å². The summed E-state index contributed by atoms with van der Waals surface area (Å²) in [6.45, 7) is 0.265. The Morgan fingerprint density at radius 1 is 1.12 bits per heavy atom. The van der Waals surface area contributed by atoms with Gasteiger partial charge in [-0.2, -0.15) is 0 Å². The number of rotatable bonds is 5. The molecule has 24 heavy (non-hydrogen) atoms. The van der Waals surface area contributed by atoms with E-state index in [1.54, 1.807) is 48.7 Å². The molecule has 0 aliphatic heterocycles. The van der Waals surface area contributed by atoms with Crippen molar-refractivity contribution in [3.8, 4) is 5.75 Å². The van der Waals surface area contributed by atoms with E-state index in [-0.39, 0.29) is 23.8 Å². The lowest BCUT2D eigenvalue weighted by Gasteiger charge is -2.08. The number of nitrogens with one attached hydrogen (secondary N) is 1. The summed E-state index contributed by atoms with van der Waals surface area (Å²) in [5.41, 5.74) is 0.427. The van der Waals surface area contributed by atoms with Crippen LogP contribution in [0.2, 0.25) is 0 Å². The first-order valence-electron chi connectivity index (χ1n) is 7.36. The standard InChI is InChI=1S/C18H16N2O4/c1-23-15-7-3-2-6-14(15)19-18(22)16-10-9-13(24-16)12-20-11-5-4-8-17(20)21/h2-11H,12H2,1H3,(H,19,22). The van der Waals surface area contributed by atoms with Gasteiger partial charge in [-0.3, -0.25) is 9.59 Å². The van der Waals surface area contributed by atoms with Gasteiger partial charge in [0.25, 0.3) is 11.5 Å². The summed E-state index contributed by atoms with van der Waals surface area (Å²) in [6.07, 6.45) is 1.67. The normalized spacial score (nSPS) is 10.4. The van der Waals surface area contributed by atoms with Crippen molar-refractivity contribution in [2.75, 3.05) is 12.4 Å². The third-order valence-corrected chi connectivity index (χ3v) is 3.47. The van der Waals surface area contributed by atoms with Gasteiger partial charge in [0.2, 0.25) is 0 Å². The molecule has 0 radical (unpaired) electrons. The molecule has 0 unspecified atom stereocenters. The largest absolute Gasteiger partial charge is 0.495 e. The third kappa shape index (κ3) is 3.38. The number of aromatic nitrogens is 1. The fourth-order valence-electron chi connectivity index (χ4n) is 2.28. The Kier molecular flexibility index (Phi) is 4.47. The van der Waals surface area contributed by atoms with E-state index < -0.39 is 0 Å². The molecule has 3 aromatic rings. The van der Waals surface area contributed by atoms with Crippen LogP contribution in [0.25, 0.3) is 0 Å². The number of nitrogens with zero attached hydrogens (tertiary/aromatic N) is 1. The van der Waals surface area contributed by atoms with Crippen molar-refractivity contribution in [2.45, 2.75) is 6.54 Å². The van der Waals surface area contributed by atoms with E-state index in [1.165, 1.54) is 17.7 Å². The molecule has 122 valence electrons. The van der Waals surface area contributed by atoms with Gasteiger partial charge >= 0.3 is 0 Å². The predicted molar refractivity (Wildman–Crippen MR) is 89.5 cm³/mol. The first kappa shape index (κ1) is 15.6. The average Bonchev–Trinajstić information content (AvgIpc) is 3.06. The fraction of sp³-hybridized carbons (Fsp3) is 0.111. The van der Waals surface area contributed by atoms with E-state index >= 15 is 0 Å². The van der Waals surface area contributed by atoms with Gasteiger partial charge in [0.05, 0.1) is 19.3 Å². The van der Waals surface area contributed by atoms with Crippen LogP contribution >= 0.6 is 0 Å². The molecule has 6 heteroatoms. The van der Waals surface area contributed by atoms with Crippen LogP contribution in [0.5, 0.6) is 5.75 Å². The second-order valence-electron chi connectivity index (χ2n) is 5.09. The highest BCUT2D eigenvalue weighted by Gasteiger charge is 2.14. The van der Waals surface area contributed by atoms with Crippen LogP contribution < -0.4 is 15.6 Å². The smallest absolute Gasteiger partial charge is 0.291 e. The molecule has 2 aromatic heterocycles. The Labute approximate surface area is 138 Å². The van der Waals surface area contributed by atoms with Gasteiger partial charge in [-0.25, -0.2) is 0 Å². The lowest BCUT2D eigenvalue weighted by atomic mass is 10.3. The van der Waals surface area contributed by atoms with Gasteiger partial charge in [-0.1, -0.05) is 18.2 Å². The molecule has 3 rings (SSSR count). The van der Waals surface area contributed by atoms with Gasteiger partial charge in [0, 0.05) is 12.3 Å². The lowest BCUT2D eigenvalue weighted by molar-refractivity contribution is 0.0994. The number of pyridine rings is 1. The zero-order chi connectivity index (χ0) is 16.9. The highest BCUT2D eigenvalue weighted by atomic mass is 16.5. The zero-order valence-electron chi connectivity index (χ0n) is 13.1. The fourth-order valence-corrected chi connectivity index (χ4v) is 2.28. The monoisotopic (exact) mass is 324 g/mol. The van der Waals surface area contributed by atoms with Crippen molar-refractivity contribution in [3.05, 3.63) is 82.7 Å².